The van der Waals surface area contributed by atoms with E-state index in [0.29, 0.717) is 10.8 Å². The summed E-state index contributed by atoms with van der Waals surface area (Å²) >= 11 is 5.95. The van der Waals surface area contributed by atoms with E-state index in [2.05, 4.69) is 13.8 Å². The summed E-state index contributed by atoms with van der Waals surface area (Å²) in [4.78, 5) is 24.5. The summed E-state index contributed by atoms with van der Waals surface area (Å²) in [7, 11) is 0. The van der Waals surface area contributed by atoms with Crippen molar-refractivity contribution in [3.8, 4) is 5.75 Å². The second kappa shape index (κ2) is 11.4. The highest BCUT2D eigenvalue weighted by atomic mass is 35.5. The van der Waals surface area contributed by atoms with Crippen LogP contribution >= 0.6 is 11.6 Å². The van der Waals surface area contributed by atoms with Crippen LogP contribution in [0.1, 0.15) is 67.7 Å². The summed E-state index contributed by atoms with van der Waals surface area (Å²) in [5.74, 6) is -0.543. The molecule has 3 atom stereocenters. The number of esters is 2. The van der Waals surface area contributed by atoms with Crippen molar-refractivity contribution in [2.75, 3.05) is 0 Å². The fourth-order valence-corrected chi connectivity index (χ4v) is 3.21. The first-order valence-electron chi connectivity index (χ1n) is 10.3. The molecule has 0 aromatic heterocycles. The van der Waals surface area contributed by atoms with Gasteiger partial charge in [0.25, 0.3) is 0 Å². The molecule has 6 heteroatoms. The van der Waals surface area contributed by atoms with E-state index in [1.807, 2.05) is 6.92 Å². The van der Waals surface area contributed by atoms with Crippen LogP contribution in [-0.4, -0.2) is 29.7 Å². The molecular weight excluding hydrogens is 392 g/mol. The second-order valence-electron chi connectivity index (χ2n) is 8.45. The Balaban J connectivity index is 2.79. The van der Waals surface area contributed by atoms with Crippen LogP contribution in [0.5, 0.6) is 5.75 Å². The highest BCUT2D eigenvalue weighted by Crippen LogP contribution is 2.26. The molecule has 164 valence electrons. The lowest BCUT2D eigenvalue weighted by molar-refractivity contribution is -0.166. The van der Waals surface area contributed by atoms with Crippen LogP contribution in [0.3, 0.4) is 0 Å². The smallest absolute Gasteiger partial charge is 0.309 e. The SMILES string of the molecule is CCC(CC)[C@H](Oc1ccc(Cl)cc1)[C@H](C)OC(=O)[C@H](C)CC(=O)OC(C)(C)C. The maximum atomic E-state index is 12.6. The Bertz CT molecular complexity index is 646. The Morgan fingerprint density at radius 2 is 1.59 bits per heavy atom. The molecule has 0 aliphatic heterocycles. The Labute approximate surface area is 180 Å². The van der Waals surface area contributed by atoms with Crippen molar-refractivity contribution in [3.63, 3.8) is 0 Å². The van der Waals surface area contributed by atoms with Crippen molar-refractivity contribution in [1.82, 2.24) is 0 Å². The molecule has 0 aliphatic rings. The van der Waals surface area contributed by atoms with Gasteiger partial charge in [0.05, 0.1) is 12.3 Å². The molecule has 0 amide bonds. The molecule has 1 rings (SSSR count). The van der Waals surface area contributed by atoms with Gasteiger partial charge in [-0.1, -0.05) is 32.4 Å². The van der Waals surface area contributed by atoms with Gasteiger partial charge in [-0.05, 0) is 70.7 Å². The minimum atomic E-state index is -0.592. The summed E-state index contributed by atoms with van der Waals surface area (Å²) in [5, 5.41) is 0.631. The Hall–Kier alpha value is -1.75. The third-order valence-corrected chi connectivity index (χ3v) is 4.91. The van der Waals surface area contributed by atoms with Crippen LogP contribution in [0, 0.1) is 11.8 Å². The van der Waals surface area contributed by atoms with Gasteiger partial charge in [-0.15, -0.1) is 0 Å². The van der Waals surface area contributed by atoms with E-state index in [0.717, 1.165) is 12.8 Å². The molecule has 29 heavy (non-hydrogen) atoms. The number of hydrogen-bond donors (Lipinski definition) is 0. The number of rotatable bonds is 10. The number of carbonyl (C=O) groups excluding carboxylic acids is 2. The molecule has 0 spiro atoms. The summed E-state index contributed by atoms with van der Waals surface area (Å²) in [6.45, 7) is 13.1. The predicted molar refractivity (Wildman–Crippen MR) is 115 cm³/mol. The number of carbonyl (C=O) groups is 2. The number of ether oxygens (including phenoxy) is 3. The van der Waals surface area contributed by atoms with Crippen molar-refractivity contribution >= 4 is 23.5 Å². The molecule has 0 aliphatic carbocycles. The van der Waals surface area contributed by atoms with Crippen molar-refractivity contribution in [2.45, 2.75) is 85.5 Å². The normalized spacial score (nSPS) is 14.8. The zero-order valence-electron chi connectivity index (χ0n) is 18.7. The third kappa shape index (κ3) is 9.07. The van der Waals surface area contributed by atoms with Gasteiger partial charge in [-0.2, -0.15) is 0 Å². The van der Waals surface area contributed by atoms with Gasteiger partial charge >= 0.3 is 11.9 Å². The van der Waals surface area contributed by atoms with E-state index in [9.17, 15) is 9.59 Å². The van der Waals surface area contributed by atoms with E-state index in [1.54, 1.807) is 52.0 Å². The highest BCUT2D eigenvalue weighted by Gasteiger charge is 2.31. The van der Waals surface area contributed by atoms with Crippen LogP contribution in [-0.2, 0) is 19.1 Å². The van der Waals surface area contributed by atoms with E-state index in [-0.39, 0.29) is 18.4 Å². The van der Waals surface area contributed by atoms with Gasteiger partial charge in [0.15, 0.2) is 0 Å². The molecule has 0 bridgehead atoms. The van der Waals surface area contributed by atoms with Gasteiger partial charge in [0.1, 0.15) is 23.6 Å². The molecule has 0 saturated heterocycles. The van der Waals surface area contributed by atoms with E-state index in [4.69, 9.17) is 25.8 Å². The van der Waals surface area contributed by atoms with Gasteiger partial charge in [-0.3, -0.25) is 9.59 Å². The van der Waals surface area contributed by atoms with Crippen LogP contribution in [0.2, 0.25) is 5.02 Å². The first-order chi connectivity index (χ1) is 13.5. The molecule has 0 unspecified atom stereocenters. The molecule has 1 aromatic carbocycles. The van der Waals surface area contributed by atoms with Crippen LogP contribution < -0.4 is 4.74 Å². The zero-order valence-corrected chi connectivity index (χ0v) is 19.4. The second-order valence-corrected chi connectivity index (χ2v) is 8.88. The lowest BCUT2D eigenvalue weighted by Crippen LogP contribution is -2.40. The summed E-state index contributed by atoms with van der Waals surface area (Å²) in [5.41, 5.74) is -0.582. The fourth-order valence-electron chi connectivity index (χ4n) is 3.08. The Morgan fingerprint density at radius 1 is 1.03 bits per heavy atom. The molecule has 0 radical (unpaired) electrons. The third-order valence-electron chi connectivity index (χ3n) is 4.66. The largest absolute Gasteiger partial charge is 0.486 e. The van der Waals surface area contributed by atoms with E-state index < -0.39 is 29.6 Å². The van der Waals surface area contributed by atoms with Crippen LogP contribution in [0.15, 0.2) is 24.3 Å². The summed E-state index contributed by atoms with van der Waals surface area (Å²) < 4.78 is 17.2. The first-order valence-corrected chi connectivity index (χ1v) is 10.7. The lowest BCUT2D eigenvalue weighted by atomic mass is 9.93. The van der Waals surface area contributed by atoms with Crippen LogP contribution in [0.25, 0.3) is 0 Å². The molecule has 0 fully saturated rings. The standard InChI is InChI=1S/C23H35ClO5/c1-8-17(9-2)21(28-19-12-10-18(24)11-13-19)16(4)27-22(26)15(3)14-20(25)29-23(5,6)7/h10-13,15-17,21H,8-9,14H2,1-7H3/t15-,16+,21-/m1/s1. The number of hydrogen-bond acceptors (Lipinski definition) is 5. The molecule has 0 N–H and O–H groups in total. The van der Waals surface area contributed by atoms with Crippen molar-refractivity contribution < 1.29 is 23.8 Å². The quantitative estimate of drug-likeness (QED) is 0.441. The summed E-state index contributed by atoms with van der Waals surface area (Å²) in [6.07, 6.45) is 0.998. The molecule has 1 aromatic rings. The minimum absolute atomic E-state index is 0.0173. The summed E-state index contributed by atoms with van der Waals surface area (Å²) in [6, 6.07) is 7.13. The van der Waals surface area contributed by atoms with Crippen molar-refractivity contribution in [1.29, 1.82) is 0 Å². The van der Waals surface area contributed by atoms with Crippen molar-refractivity contribution in [3.05, 3.63) is 29.3 Å². The van der Waals surface area contributed by atoms with Gasteiger partial charge in [0, 0.05) is 5.02 Å². The van der Waals surface area contributed by atoms with Crippen LogP contribution in [0.4, 0.5) is 0 Å². The van der Waals surface area contributed by atoms with E-state index >= 15 is 0 Å². The number of halogens is 1. The topological polar surface area (TPSA) is 61.8 Å². The molecule has 0 saturated carbocycles. The predicted octanol–water partition coefficient (Wildman–Crippen LogP) is 5.82. The van der Waals surface area contributed by atoms with E-state index in [1.165, 1.54) is 0 Å². The monoisotopic (exact) mass is 426 g/mol. The first kappa shape index (κ1) is 25.3. The minimum Gasteiger partial charge on any atom is -0.486 e. The lowest BCUT2D eigenvalue weighted by Gasteiger charge is -2.31. The van der Waals surface area contributed by atoms with Gasteiger partial charge in [-0.25, -0.2) is 0 Å². The maximum Gasteiger partial charge on any atom is 0.309 e. The molecule has 5 nitrogen and oxygen atoms in total. The Morgan fingerprint density at radius 3 is 2.07 bits per heavy atom. The highest BCUT2D eigenvalue weighted by molar-refractivity contribution is 6.30. The maximum absolute atomic E-state index is 12.6. The van der Waals surface area contributed by atoms with Gasteiger partial charge in [0.2, 0.25) is 0 Å². The average molecular weight is 427 g/mol. The zero-order chi connectivity index (χ0) is 22.2. The van der Waals surface area contributed by atoms with Gasteiger partial charge < -0.3 is 14.2 Å². The van der Waals surface area contributed by atoms with Crippen molar-refractivity contribution in [2.24, 2.45) is 11.8 Å². The fraction of sp³-hybridized carbons (Fsp3) is 0.652. The average Bonchev–Trinajstić information content (AvgIpc) is 2.61. The molecular formula is C23H35ClO5. The number of benzene rings is 1. The molecule has 0 heterocycles. The Kier molecular flexibility index (Phi) is 9.97.